The minimum Gasteiger partial charge on any atom is -0.484 e. The zero-order valence-corrected chi connectivity index (χ0v) is 14.7. The molecule has 0 aliphatic carbocycles. The van der Waals surface area contributed by atoms with E-state index in [2.05, 4.69) is 15.3 Å². The van der Waals surface area contributed by atoms with Crippen LogP contribution in [0.3, 0.4) is 0 Å². The lowest BCUT2D eigenvalue weighted by atomic mass is 10.0. The molecule has 3 rings (SSSR count). The molecule has 1 amide bonds. The van der Waals surface area contributed by atoms with Gasteiger partial charge in [-0.2, -0.15) is 0 Å². The Labute approximate surface area is 150 Å². The number of carboxylic acids is 1. The first-order valence-corrected chi connectivity index (χ1v) is 8.07. The number of carboxylic acid groups (broad SMARTS) is 1. The van der Waals surface area contributed by atoms with Crippen LogP contribution in [0.4, 0.5) is 0 Å². The van der Waals surface area contributed by atoms with E-state index in [4.69, 9.17) is 9.84 Å². The summed E-state index contributed by atoms with van der Waals surface area (Å²) in [5.41, 5.74) is 4.37. The number of fused-ring (bicyclic) bond motifs is 1. The van der Waals surface area contributed by atoms with Crippen molar-refractivity contribution in [1.82, 2.24) is 15.3 Å². The molecule has 7 heteroatoms. The first-order valence-electron chi connectivity index (χ1n) is 8.07. The normalized spacial score (nSPS) is 10.7. The van der Waals surface area contributed by atoms with Gasteiger partial charge in [0.1, 0.15) is 11.6 Å². The van der Waals surface area contributed by atoms with Crippen LogP contribution in [0.25, 0.3) is 22.4 Å². The number of rotatable bonds is 5. The third-order valence-electron chi connectivity index (χ3n) is 4.12. The van der Waals surface area contributed by atoms with E-state index < -0.39 is 5.97 Å². The lowest BCUT2D eigenvalue weighted by molar-refractivity contribution is -0.122. The van der Waals surface area contributed by atoms with E-state index in [1.807, 2.05) is 26.0 Å². The summed E-state index contributed by atoms with van der Waals surface area (Å²) in [4.78, 5) is 30.2. The first kappa shape index (κ1) is 17.5. The van der Waals surface area contributed by atoms with Gasteiger partial charge < -0.3 is 20.1 Å². The molecule has 0 saturated heterocycles. The first-order chi connectivity index (χ1) is 12.4. The predicted octanol–water partition coefficient (Wildman–Crippen LogP) is 2.67. The van der Waals surface area contributed by atoms with Crippen molar-refractivity contribution in [2.24, 2.45) is 0 Å². The van der Waals surface area contributed by atoms with Crippen LogP contribution < -0.4 is 10.1 Å². The number of amides is 1. The van der Waals surface area contributed by atoms with Crippen molar-refractivity contribution in [2.45, 2.75) is 13.8 Å². The number of hydrogen-bond acceptors (Lipinski definition) is 4. The van der Waals surface area contributed by atoms with Crippen molar-refractivity contribution in [3.05, 3.63) is 47.0 Å². The SMILES string of the molecule is CNC(=O)COc1cc(C)c(-c2nc3ccc(C(=O)O)cc3[nH]2)c(C)c1. The number of aromatic carboxylic acids is 1. The number of likely N-dealkylation sites (N-methyl/N-ethyl adjacent to an activating group) is 1. The minimum atomic E-state index is -0.979. The zero-order chi connectivity index (χ0) is 18.8. The fraction of sp³-hybridized carbons (Fsp3) is 0.211. The van der Waals surface area contributed by atoms with Gasteiger partial charge in [-0.15, -0.1) is 0 Å². The summed E-state index contributed by atoms with van der Waals surface area (Å²) in [5, 5.41) is 11.6. The van der Waals surface area contributed by atoms with Gasteiger partial charge in [-0.25, -0.2) is 9.78 Å². The van der Waals surface area contributed by atoms with Gasteiger partial charge >= 0.3 is 5.97 Å². The highest BCUT2D eigenvalue weighted by molar-refractivity contribution is 5.93. The van der Waals surface area contributed by atoms with Gasteiger partial charge in [0.25, 0.3) is 5.91 Å². The van der Waals surface area contributed by atoms with E-state index in [9.17, 15) is 9.59 Å². The Morgan fingerprint density at radius 2 is 1.88 bits per heavy atom. The third kappa shape index (κ3) is 3.37. The molecule has 7 nitrogen and oxygen atoms in total. The fourth-order valence-corrected chi connectivity index (χ4v) is 2.86. The van der Waals surface area contributed by atoms with Gasteiger partial charge in [-0.1, -0.05) is 0 Å². The summed E-state index contributed by atoms with van der Waals surface area (Å²) < 4.78 is 5.50. The Kier molecular flexibility index (Phi) is 4.62. The number of imidazole rings is 1. The van der Waals surface area contributed by atoms with Crippen molar-refractivity contribution < 1.29 is 19.4 Å². The molecule has 0 radical (unpaired) electrons. The molecule has 26 heavy (non-hydrogen) atoms. The number of H-pyrrole nitrogens is 1. The molecule has 0 spiro atoms. The smallest absolute Gasteiger partial charge is 0.335 e. The molecule has 3 aromatic rings. The largest absolute Gasteiger partial charge is 0.484 e. The minimum absolute atomic E-state index is 0.0443. The van der Waals surface area contributed by atoms with Crippen LogP contribution in [0, 0.1) is 13.8 Å². The van der Waals surface area contributed by atoms with E-state index in [0.29, 0.717) is 22.6 Å². The molecule has 0 bridgehead atoms. The molecule has 0 unspecified atom stereocenters. The molecule has 1 heterocycles. The summed E-state index contributed by atoms with van der Waals surface area (Å²) in [5.74, 6) is 0.0935. The molecule has 0 saturated carbocycles. The molecule has 0 atom stereocenters. The average molecular weight is 353 g/mol. The van der Waals surface area contributed by atoms with Crippen molar-refractivity contribution >= 4 is 22.9 Å². The molecular formula is C19H19N3O4. The fourth-order valence-electron chi connectivity index (χ4n) is 2.86. The maximum Gasteiger partial charge on any atom is 0.335 e. The highest BCUT2D eigenvalue weighted by Crippen LogP contribution is 2.30. The number of aromatic nitrogens is 2. The number of benzene rings is 2. The van der Waals surface area contributed by atoms with Crippen LogP contribution in [0.15, 0.2) is 30.3 Å². The number of nitrogens with zero attached hydrogens (tertiary/aromatic N) is 1. The summed E-state index contributed by atoms with van der Waals surface area (Å²) >= 11 is 0. The molecule has 134 valence electrons. The van der Waals surface area contributed by atoms with E-state index in [-0.39, 0.29) is 18.1 Å². The standard InChI is InChI=1S/C19H19N3O4/c1-10-6-13(26-9-16(23)20-3)7-11(2)17(10)18-21-14-5-4-12(19(24)25)8-15(14)22-18/h4-8H,9H2,1-3H3,(H,20,23)(H,21,22)(H,24,25). The van der Waals surface area contributed by atoms with E-state index in [1.165, 1.54) is 6.07 Å². The van der Waals surface area contributed by atoms with Gasteiger partial charge in [0.2, 0.25) is 0 Å². The number of carbonyl (C=O) groups is 2. The number of carbonyl (C=O) groups excluding carboxylic acids is 1. The lowest BCUT2D eigenvalue weighted by Crippen LogP contribution is -2.24. The second-order valence-corrected chi connectivity index (χ2v) is 6.02. The molecule has 3 N–H and O–H groups in total. The van der Waals surface area contributed by atoms with Crippen molar-refractivity contribution in [3.8, 4) is 17.1 Å². The predicted molar refractivity (Wildman–Crippen MR) is 97.5 cm³/mol. The molecular weight excluding hydrogens is 334 g/mol. The van der Waals surface area contributed by atoms with E-state index in [0.717, 1.165) is 16.7 Å². The van der Waals surface area contributed by atoms with Crippen molar-refractivity contribution in [3.63, 3.8) is 0 Å². The number of aryl methyl sites for hydroxylation is 2. The summed E-state index contributed by atoms with van der Waals surface area (Å²) in [6.07, 6.45) is 0. The Bertz CT molecular complexity index is 984. The molecule has 2 aromatic carbocycles. The van der Waals surface area contributed by atoms with Crippen LogP contribution in [0.2, 0.25) is 0 Å². The molecule has 0 fully saturated rings. The van der Waals surface area contributed by atoms with Gasteiger partial charge in [0.05, 0.1) is 16.6 Å². The van der Waals surface area contributed by atoms with Gasteiger partial charge in [-0.3, -0.25) is 4.79 Å². The summed E-state index contributed by atoms with van der Waals surface area (Å²) in [7, 11) is 1.56. The second-order valence-electron chi connectivity index (χ2n) is 6.02. The quantitative estimate of drug-likeness (QED) is 0.654. The Hall–Kier alpha value is -3.35. The van der Waals surface area contributed by atoms with Crippen molar-refractivity contribution in [2.75, 3.05) is 13.7 Å². The Balaban J connectivity index is 1.97. The molecule has 0 aliphatic rings. The summed E-state index contributed by atoms with van der Waals surface area (Å²) in [6.45, 7) is 3.83. The highest BCUT2D eigenvalue weighted by Gasteiger charge is 2.14. The third-order valence-corrected chi connectivity index (χ3v) is 4.12. The van der Waals surface area contributed by atoms with Crippen LogP contribution in [0.5, 0.6) is 5.75 Å². The van der Waals surface area contributed by atoms with Crippen LogP contribution in [-0.2, 0) is 4.79 Å². The number of nitrogens with one attached hydrogen (secondary N) is 2. The number of hydrogen-bond donors (Lipinski definition) is 3. The van der Waals surface area contributed by atoms with Gasteiger partial charge in [0.15, 0.2) is 6.61 Å². The monoisotopic (exact) mass is 353 g/mol. The van der Waals surface area contributed by atoms with Crippen LogP contribution in [-0.4, -0.2) is 40.6 Å². The lowest BCUT2D eigenvalue weighted by Gasteiger charge is -2.11. The zero-order valence-electron chi connectivity index (χ0n) is 14.7. The topological polar surface area (TPSA) is 104 Å². The number of ether oxygens (including phenoxy) is 1. The maximum absolute atomic E-state index is 11.3. The van der Waals surface area contributed by atoms with Gasteiger partial charge in [-0.05, 0) is 55.3 Å². The summed E-state index contributed by atoms with van der Waals surface area (Å²) in [6, 6.07) is 8.48. The van der Waals surface area contributed by atoms with E-state index >= 15 is 0 Å². The van der Waals surface area contributed by atoms with Gasteiger partial charge in [0, 0.05) is 12.6 Å². The van der Waals surface area contributed by atoms with Crippen LogP contribution >= 0.6 is 0 Å². The second kappa shape index (κ2) is 6.87. The molecule has 1 aromatic heterocycles. The Morgan fingerprint density at radius 1 is 1.19 bits per heavy atom. The highest BCUT2D eigenvalue weighted by atomic mass is 16.5. The van der Waals surface area contributed by atoms with E-state index in [1.54, 1.807) is 19.2 Å². The average Bonchev–Trinajstić information content (AvgIpc) is 3.01. The Morgan fingerprint density at radius 3 is 2.50 bits per heavy atom. The van der Waals surface area contributed by atoms with Crippen LogP contribution in [0.1, 0.15) is 21.5 Å². The molecule has 0 aliphatic heterocycles. The van der Waals surface area contributed by atoms with Crippen molar-refractivity contribution in [1.29, 1.82) is 0 Å². The number of aromatic amines is 1. The maximum atomic E-state index is 11.3.